The lowest BCUT2D eigenvalue weighted by Gasteiger charge is -2.32. The second kappa shape index (κ2) is 7.93. The molecule has 1 amide bonds. The van der Waals surface area contributed by atoms with Crippen LogP contribution >= 0.6 is 0 Å². The number of hydrogen-bond acceptors (Lipinski definition) is 5. The van der Waals surface area contributed by atoms with Gasteiger partial charge in [0.25, 0.3) is 0 Å². The highest BCUT2D eigenvalue weighted by molar-refractivity contribution is 5.78. The molecule has 20 heavy (non-hydrogen) atoms. The second-order valence-corrected chi connectivity index (χ2v) is 5.72. The smallest absolute Gasteiger partial charge is 0.236 e. The zero-order valence-electron chi connectivity index (χ0n) is 12.5. The van der Waals surface area contributed by atoms with Gasteiger partial charge in [0.15, 0.2) is 0 Å². The van der Waals surface area contributed by atoms with Crippen molar-refractivity contribution < 1.29 is 14.6 Å². The van der Waals surface area contributed by atoms with Crippen molar-refractivity contribution in [3.05, 3.63) is 0 Å². The molecule has 6 heteroatoms. The fourth-order valence-electron chi connectivity index (χ4n) is 2.88. The molecule has 0 aromatic carbocycles. The zero-order chi connectivity index (χ0) is 14.4. The molecular formula is C14H27N3O3. The van der Waals surface area contributed by atoms with Crippen LogP contribution in [0.3, 0.4) is 0 Å². The summed E-state index contributed by atoms with van der Waals surface area (Å²) < 4.78 is 5.47. The van der Waals surface area contributed by atoms with Gasteiger partial charge in [0, 0.05) is 32.7 Å². The number of rotatable bonds is 4. The Morgan fingerprint density at radius 2 is 1.95 bits per heavy atom. The van der Waals surface area contributed by atoms with E-state index in [1.807, 2.05) is 11.8 Å². The average molecular weight is 285 g/mol. The largest absolute Gasteiger partial charge is 0.395 e. The number of hydrogen-bond donors (Lipinski definition) is 1. The van der Waals surface area contributed by atoms with Crippen molar-refractivity contribution in [1.29, 1.82) is 0 Å². The van der Waals surface area contributed by atoms with E-state index in [1.165, 1.54) is 0 Å². The van der Waals surface area contributed by atoms with Gasteiger partial charge in [-0.2, -0.15) is 0 Å². The monoisotopic (exact) mass is 285 g/mol. The SMILES string of the molecule is CC1CN(C(=O)CN2CCCN(CCO)CC2)CCO1. The summed E-state index contributed by atoms with van der Waals surface area (Å²) >= 11 is 0. The number of nitrogens with zero attached hydrogens (tertiary/aromatic N) is 3. The second-order valence-electron chi connectivity index (χ2n) is 5.72. The maximum Gasteiger partial charge on any atom is 0.236 e. The van der Waals surface area contributed by atoms with Crippen LogP contribution in [-0.4, -0.2) is 97.4 Å². The van der Waals surface area contributed by atoms with Crippen molar-refractivity contribution >= 4 is 5.91 Å². The van der Waals surface area contributed by atoms with E-state index in [4.69, 9.17) is 9.84 Å². The number of aliphatic hydroxyl groups excluding tert-OH is 1. The maximum atomic E-state index is 12.3. The van der Waals surface area contributed by atoms with Crippen molar-refractivity contribution in [1.82, 2.24) is 14.7 Å². The Balaban J connectivity index is 1.76. The summed E-state index contributed by atoms with van der Waals surface area (Å²) in [7, 11) is 0. The molecule has 0 aromatic rings. The number of aliphatic hydroxyl groups is 1. The van der Waals surface area contributed by atoms with Crippen LogP contribution in [-0.2, 0) is 9.53 Å². The van der Waals surface area contributed by atoms with Crippen LogP contribution in [0.2, 0.25) is 0 Å². The fraction of sp³-hybridized carbons (Fsp3) is 0.929. The molecule has 0 aliphatic carbocycles. The Hall–Kier alpha value is -0.690. The Labute approximate surface area is 121 Å². The van der Waals surface area contributed by atoms with Gasteiger partial charge in [-0.1, -0.05) is 0 Å². The highest BCUT2D eigenvalue weighted by atomic mass is 16.5. The highest BCUT2D eigenvalue weighted by Crippen LogP contribution is 2.07. The molecule has 2 rings (SSSR count). The fourth-order valence-corrected chi connectivity index (χ4v) is 2.88. The molecule has 2 aliphatic heterocycles. The predicted octanol–water partition coefficient (Wildman–Crippen LogP) is -0.766. The average Bonchev–Trinajstić information content (AvgIpc) is 2.65. The van der Waals surface area contributed by atoms with Crippen LogP contribution in [0.5, 0.6) is 0 Å². The van der Waals surface area contributed by atoms with Gasteiger partial charge in [0.05, 0.1) is 25.9 Å². The minimum Gasteiger partial charge on any atom is -0.395 e. The van der Waals surface area contributed by atoms with Gasteiger partial charge >= 0.3 is 0 Å². The standard InChI is InChI=1S/C14H27N3O3/c1-13-11-17(8-10-20-13)14(19)12-16-4-2-3-15(5-6-16)7-9-18/h13,18H,2-12H2,1H3. The summed E-state index contributed by atoms with van der Waals surface area (Å²) in [6.45, 7) is 9.38. The van der Waals surface area contributed by atoms with E-state index in [-0.39, 0.29) is 18.6 Å². The number of carbonyl (C=O) groups excluding carboxylic acids is 1. The summed E-state index contributed by atoms with van der Waals surface area (Å²) in [5.74, 6) is 0.218. The quantitative estimate of drug-likeness (QED) is 0.735. The molecule has 0 bridgehead atoms. The topological polar surface area (TPSA) is 56.3 Å². The van der Waals surface area contributed by atoms with Gasteiger partial charge in [0.2, 0.25) is 5.91 Å². The Morgan fingerprint density at radius 1 is 1.20 bits per heavy atom. The van der Waals surface area contributed by atoms with E-state index in [2.05, 4.69) is 9.80 Å². The van der Waals surface area contributed by atoms with E-state index >= 15 is 0 Å². The molecule has 2 aliphatic rings. The third kappa shape index (κ3) is 4.70. The molecular weight excluding hydrogens is 258 g/mol. The van der Waals surface area contributed by atoms with Crippen LogP contribution in [0.1, 0.15) is 13.3 Å². The summed E-state index contributed by atoms with van der Waals surface area (Å²) in [6, 6.07) is 0. The first-order chi connectivity index (χ1) is 9.69. The Bertz CT molecular complexity index is 314. The third-order valence-corrected chi connectivity index (χ3v) is 4.05. The Morgan fingerprint density at radius 3 is 2.70 bits per heavy atom. The summed E-state index contributed by atoms with van der Waals surface area (Å²) in [5, 5.41) is 8.99. The lowest BCUT2D eigenvalue weighted by atomic mass is 10.3. The van der Waals surface area contributed by atoms with Gasteiger partial charge in [-0.3, -0.25) is 14.6 Å². The van der Waals surface area contributed by atoms with E-state index in [1.54, 1.807) is 0 Å². The van der Waals surface area contributed by atoms with Gasteiger partial charge < -0.3 is 14.7 Å². The first kappa shape index (κ1) is 15.7. The van der Waals surface area contributed by atoms with E-state index in [0.717, 1.165) is 39.1 Å². The maximum absolute atomic E-state index is 12.3. The van der Waals surface area contributed by atoms with Crippen LogP contribution in [0.25, 0.3) is 0 Å². The third-order valence-electron chi connectivity index (χ3n) is 4.05. The van der Waals surface area contributed by atoms with Gasteiger partial charge in [-0.05, 0) is 26.4 Å². The number of amides is 1. The molecule has 1 unspecified atom stereocenters. The van der Waals surface area contributed by atoms with Crippen LogP contribution in [0.4, 0.5) is 0 Å². The first-order valence-corrected chi connectivity index (χ1v) is 7.64. The molecule has 2 saturated heterocycles. The van der Waals surface area contributed by atoms with Crippen molar-refractivity contribution in [3.63, 3.8) is 0 Å². The minimum atomic E-state index is 0.150. The first-order valence-electron chi connectivity index (χ1n) is 7.64. The van der Waals surface area contributed by atoms with E-state index in [0.29, 0.717) is 26.2 Å². The molecule has 1 atom stereocenters. The molecule has 2 heterocycles. The van der Waals surface area contributed by atoms with Gasteiger partial charge in [-0.15, -0.1) is 0 Å². The van der Waals surface area contributed by atoms with Crippen LogP contribution in [0, 0.1) is 0 Å². The molecule has 0 aromatic heterocycles. The number of ether oxygens (including phenoxy) is 1. The number of morpholine rings is 1. The normalized spacial score (nSPS) is 26.5. The van der Waals surface area contributed by atoms with E-state index < -0.39 is 0 Å². The summed E-state index contributed by atoms with van der Waals surface area (Å²) in [5.41, 5.74) is 0. The lowest BCUT2D eigenvalue weighted by Crippen LogP contribution is -2.48. The van der Waals surface area contributed by atoms with Crippen LogP contribution in [0.15, 0.2) is 0 Å². The van der Waals surface area contributed by atoms with Gasteiger partial charge in [0.1, 0.15) is 0 Å². The van der Waals surface area contributed by atoms with Crippen molar-refractivity contribution in [3.8, 4) is 0 Å². The highest BCUT2D eigenvalue weighted by Gasteiger charge is 2.24. The molecule has 2 fully saturated rings. The number of carbonyl (C=O) groups is 1. The molecule has 1 N–H and O–H groups in total. The summed E-state index contributed by atoms with van der Waals surface area (Å²) in [4.78, 5) is 18.7. The number of β-amino-alcohol motifs (C(OH)–C–C–N with tert-alkyl or cyclic N) is 1. The van der Waals surface area contributed by atoms with Crippen molar-refractivity contribution in [2.24, 2.45) is 0 Å². The van der Waals surface area contributed by atoms with Gasteiger partial charge in [-0.25, -0.2) is 0 Å². The van der Waals surface area contributed by atoms with Crippen molar-refractivity contribution in [2.75, 3.05) is 65.6 Å². The van der Waals surface area contributed by atoms with Crippen LogP contribution < -0.4 is 0 Å². The van der Waals surface area contributed by atoms with Crippen molar-refractivity contribution in [2.45, 2.75) is 19.4 Å². The molecule has 116 valence electrons. The van der Waals surface area contributed by atoms with E-state index in [9.17, 15) is 4.79 Å². The lowest BCUT2D eigenvalue weighted by molar-refractivity contribution is -0.139. The molecule has 0 radical (unpaired) electrons. The summed E-state index contributed by atoms with van der Waals surface area (Å²) in [6.07, 6.45) is 1.21. The minimum absolute atomic E-state index is 0.150. The zero-order valence-corrected chi connectivity index (χ0v) is 12.5. The molecule has 0 saturated carbocycles. The predicted molar refractivity (Wildman–Crippen MR) is 76.6 cm³/mol. The molecule has 6 nitrogen and oxygen atoms in total. The molecule has 0 spiro atoms. The Kier molecular flexibility index (Phi) is 6.22.